The zero-order valence-electron chi connectivity index (χ0n) is 37.9. The summed E-state index contributed by atoms with van der Waals surface area (Å²) in [5.41, 5.74) is 0. The van der Waals surface area contributed by atoms with Crippen molar-refractivity contribution in [1.82, 2.24) is 0 Å². The maximum absolute atomic E-state index is 12.7. The summed E-state index contributed by atoms with van der Waals surface area (Å²) in [5.74, 6) is -0.920. The van der Waals surface area contributed by atoms with E-state index in [9.17, 15) is 14.4 Å². The van der Waals surface area contributed by atoms with Crippen molar-refractivity contribution in [2.24, 2.45) is 0 Å². The van der Waals surface area contributed by atoms with E-state index in [1.165, 1.54) is 135 Å². The third kappa shape index (κ3) is 44.6. The molecule has 0 saturated carbocycles. The van der Waals surface area contributed by atoms with Crippen LogP contribution in [0, 0.1) is 0 Å². The van der Waals surface area contributed by atoms with Crippen molar-refractivity contribution < 1.29 is 28.6 Å². The van der Waals surface area contributed by atoms with Gasteiger partial charge in [-0.15, -0.1) is 0 Å². The minimum absolute atomic E-state index is 0.0812. The van der Waals surface area contributed by atoms with Gasteiger partial charge in [0, 0.05) is 19.3 Å². The third-order valence-corrected chi connectivity index (χ3v) is 10.6. The molecule has 6 heteroatoms. The third-order valence-electron chi connectivity index (χ3n) is 10.6. The minimum Gasteiger partial charge on any atom is -0.462 e. The Hall–Kier alpha value is -2.37. The average Bonchev–Trinajstić information content (AvgIpc) is 3.21. The molecule has 0 bridgehead atoms. The van der Waals surface area contributed by atoms with Crippen molar-refractivity contribution in [3.8, 4) is 0 Å². The lowest BCUT2D eigenvalue weighted by molar-refractivity contribution is -0.167. The van der Waals surface area contributed by atoms with Gasteiger partial charge in [0.05, 0.1) is 0 Å². The van der Waals surface area contributed by atoms with Crippen LogP contribution in [0.15, 0.2) is 36.5 Å². The molecule has 0 N–H and O–H groups in total. The van der Waals surface area contributed by atoms with Gasteiger partial charge in [0.25, 0.3) is 0 Å². The first kappa shape index (κ1) is 54.6. The van der Waals surface area contributed by atoms with E-state index in [2.05, 4.69) is 57.2 Å². The normalized spacial score (nSPS) is 12.3. The molecule has 0 spiro atoms. The van der Waals surface area contributed by atoms with E-state index in [0.29, 0.717) is 19.3 Å². The van der Waals surface area contributed by atoms with Crippen LogP contribution in [0.4, 0.5) is 0 Å². The zero-order valence-corrected chi connectivity index (χ0v) is 37.9. The van der Waals surface area contributed by atoms with Crippen LogP contribution < -0.4 is 0 Å². The van der Waals surface area contributed by atoms with Crippen LogP contribution in [0.3, 0.4) is 0 Å². The Bertz CT molecular complexity index is 969. The van der Waals surface area contributed by atoms with Crippen molar-refractivity contribution in [3.05, 3.63) is 36.5 Å². The molecule has 332 valence electrons. The summed E-state index contributed by atoms with van der Waals surface area (Å²) in [6.45, 7) is 6.48. The van der Waals surface area contributed by atoms with Gasteiger partial charge < -0.3 is 14.2 Å². The van der Waals surface area contributed by atoms with Gasteiger partial charge in [0.2, 0.25) is 0 Å². The molecular weight excluding hydrogens is 709 g/mol. The summed E-state index contributed by atoms with van der Waals surface area (Å²) in [6.07, 6.45) is 52.8. The molecule has 1 unspecified atom stereocenters. The zero-order chi connectivity index (χ0) is 41.5. The van der Waals surface area contributed by atoms with Crippen LogP contribution in [0.1, 0.15) is 252 Å². The number of carbonyl (C=O) groups excluding carboxylic acids is 3. The molecule has 0 aromatic carbocycles. The second-order valence-electron chi connectivity index (χ2n) is 16.3. The molecule has 0 fully saturated rings. The van der Waals surface area contributed by atoms with Gasteiger partial charge in [-0.25, -0.2) is 0 Å². The van der Waals surface area contributed by atoms with Gasteiger partial charge >= 0.3 is 17.9 Å². The summed E-state index contributed by atoms with van der Waals surface area (Å²) >= 11 is 0. The van der Waals surface area contributed by atoms with Crippen LogP contribution in [0.5, 0.6) is 0 Å². The van der Waals surface area contributed by atoms with Crippen LogP contribution in [0.2, 0.25) is 0 Å². The standard InChI is InChI=1S/C51H92O6/c1-4-7-10-13-16-19-21-23-25-26-28-29-32-35-38-41-44-50(53)56-47-48(46-55-49(52)43-40-37-34-31-18-15-12-9-6-3)57-51(54)45-42-39-36-33-30-27-24-22-20-17-14-11-8-5-2/h8,11,17,20,31,34,48H,4-7,9-10,12-16,18-19,21-30,32-33,35-47H2,1-3H3/b11-8-,20-17-,34-31-. The lowest BCUT2D eigenvalue weighted by Crippen LogP contribution is -2.30. The first-order valence-electron chi connectivity index (χ1n) is 24.5. The number of hydrogen-bond donors (Lipinski definition) is 0. The monoisotopic (exact) mass is 801 g/mol. The van der Waals surface area contributed by atoms with E-state index in [0.717, 1.165) is 77.0 Å². The topological polar surface area (TPSA) is 78.9 Å². The van der Waals surface area contributed by atoms with Crippen molar-refractivity contribution >= 4 is 17.9 Å². The average molecular weight is 801 g/mol. The predicted octanol–water partition coefficient (Wildman–Crippen LogP) is 15.8. The quantitative estimate of drug-likeness (QED) is 0.0264. The fourth-order valence-electron chi connectivity index (χ4n) is 6.95. The molecule has 57 heavy (non-hydrogen) atoms. The molecule has 0 aliphatic carbocycles. The van der Waals surface area contributed by atoms with Crippen molar-refractivity contribution in [3.63, 3.8) is 0 Å². The number of rotatable bonds is 44. The van der Waals surface area contributed by atoms with Crippen LogP contribution >= 0.6 is 0 Å². The fourth-order valence-corrected chi connectivity index (χ4v) is 6.95. The van der Waals surface area contributed by atoms with Crippen molar-refractivity contribution in [2.45, 2.75) is 258 Å². The summed E-state index contributed by atoms with van der Waals surface area (Å²) in [7, 11) is 0. The van der Waals surface area contributed by atoms with Gasteiger partial charge in [0.15, 0.2) is 6.10 Å². The van der Waals surface area contributed by atoms with Gasteiger partial charge in [-0.05, 0) is 64.2 Å². The van der Waals surface area contributed by atoms with Gasteiger partial charge in [-0.1, -0.05) is 205 Å². The Morgan fingerprint density at radius 3 is 1.16 bits per heavy atom. The fraction of sp³-hybridized carbons (Fsp3) is 0.824. The lowest BCUT2D eigenvalue weighted by Gasteiger charge is -2.18. The Labute approximate surface area is 353 Å². The number of allylic oxidation sites excluding steroid dienone is 6. The highest BCUT2D eigenvalue weighted by Crippen LogP contribution is 2.15. The largest absolute Gasteiger partial charge is 0.462 e. The molecule has 0 aromatic heterocycles. The summed E-state index contributed by atoms with van der Waals surface area (Å²) < 4.78 is 16.7. The van der Waals surface area contributed by atoms with Crippen molar-refractivity contribution in [2.75, 3.05) is 13.2 Å². The second-order valence-corrected chi connectivity index (χ2v) is 16.3. The highest BCUT2D eigenvalue weighted by Gasteiger charge is 2.19. The number of carbonyl (C=O) groups is 3. The van der Waals surface area contributed by atoms with Crippen LogP contribution in [-0.2, 0) is 28.6 Å². The summed E-state index contributed by atoms with van der Waals surface area (Å²) in [5, 5.41) is 0. The Balaban J connectivity index is 4.32. The van der Waals surface area contributed by atoms with E-state index in [1.54, 1.807) is 0 Å². The Kier molecular flexibility index (Phi) is 44.4. The van der Waals surface area contributed by atoms with Crippen molar-refractivity contribution in [1.29, 1.82) is 0 Å². The van der Waals surface area contributed by atoms with E-state index in [-0.39, 0.29) is 31.1 Å². The van der Waals surface area contributed by atoms with Crippen LogP contribution in [-0.4, -0.2) is 37.2 Å². The van der Waals surface area contributed by atoms with E-state index in [1.807, 2.05) is 0 Å². The maximum Gasteiger partial charge on any atom is 0.306 e. The SMILES string of the molecule is CC/C=C\C/C=C\CCCCCCCCCC(=O)OC(COC(=O)CCC/C=C\CCCCCC)COC(=O)CCCCCCCCCCCCCCCCCC. The molecule has 0 radical (unpaired) electrons. The van der Waals surface area contributed by atoms with E-state index >= 15 is 0 Å². The molecule has 0 heterocycles. The molecule has 0 rings (SSSR count). The van der Waals surface area contributed by atoms with Gasteiger partial charge in [-0.2, -0.15) is 0 Å². The number of ether oxygens (including phenoxy) is 3. The Morgan fingerprint density at radius 1 is 0.368 bits per heavy atom. The summed E-state index contributed by atoms with van der Waals surface area (Å²) in [4.78, 5) is 37.8. The van der Waals surface area contributed by atoms with E-state index in [4.69, 9.17) is 14.2 Å². The number of unbranched alkanes of at least 4 members (excludes halogenated alkanes) is 27. The van der Waals surface area contributed by atoms with Gasteiger partial charge in [-0.3, -0.25) is 14.4 Å². The van der Waals surface area contributed by atoms with Gasteiger partial charge in [0.1, 0.15) is 13.2 Å². The highest BCUT2D eigenvalue weighted by molar-refractivity contribution is 5.71. The van der Waals surface area contributed by atoms with Crippen LogP contribution in [0.25, 0.3) is 0 Å². The molecule has 0 amide bonds. The molecule has 0 saturated heterocycles. The molecule has 0 aromatic rings. The highest BCUT2D eigenvalue weighted by atomic mass is 16.6. The minimum atomic E-state index is -0.782. The second kappa shape index (κ2) is 46.3. The lowest BCUT2D eigenvalue weighted by atomic mass is 10.0. The molecule has 0 aliphatic rings. The number of hydrogen-bond acceptors (Lipinski definition) is 6. The molecule has 1 atom stereocenters. The Morgan fingerprint density at radius 2 is 0.702 bits per heavy atom. The molecular formula is C51H92O6. The molecule has 6 nitrogen and oxygen atoms in total. The molecule has 0 aliphatic heterocycles. The smallest absolute Gasteiger partial charge is 0.306 e. The first-order chi connectivity index (χ1) is 28.0. The van der Waals surface area contributed by atoms with E-state index < -0.39 is 6.10 Å². The maximum atomic E-state index is 12.7. The first-order valence-corrected chi connectivity index (χ1v) is 24.5. The number of esters is 3. The predicted molar refractivity (Wildman–Crippen MR) is 242 cm³/mol. The summed E-state index contributed by atoms with van der Waals surface area (Å²) in [6, 6.07) is 0.